The van der Waals surface area contributed by atoms with E-state index in [-0.39, 0.29) is 0 Å². The van der Waals surface area contributed by atoms with Crippen molar-refractivity contribution in [3.05, 3.63) is 88.4 Å². The highest BCUT2D eigenvalue weighted by molar-refractivity contribution is 6.30. The molecule has 0 aromatic heterocycles. The van der Waals surface area contributed by atoms with Crippen molar-refractivity contribution >= 4 is 17.3 Å². The van der Waals surface area contributed by atoms with Crippen LogP contribution in [0.5, 0.6) is 11.5 Å². The molecule has 134 valence electrons. The largest absolute Gasteiger partial charge is 0.493 e. The van der Waals surface area contributed by atoms with Crippen molar-refractivity contribution in [1.29, 1.82) is 0 Å². The molecule has 0 heterocycles. The smallest absolute Gasteiger partial charge is 0.161 e. The Hall–Kier alpha value is -2.65. The van der Waals surface area contributed by atoms with Gasteiger partial charge in [-0.3, -0.25) is 0 Å². The summed E-state index contributed by atoms with van der Waals surface area (Å²) < 4.78 is 11.4. The van der Waals surface area contributed by atoms with E-state index in [1.807, 2.05) is 48.5 Å². The minimum atomic E-state index is 0.467. The SMILES string of the molecule is COc1cc(CNc2cccc(C)c2)ccc1OCc1ccc(Cl)cc1. The molecule has 0 aliphatic heterocycles. The Morgan fingerprint density at radius 1 is 0.885 bits per heavy atom. The molecule has 0 radical (unpaired) electrons. The van der Waals surface area contributed by atoms with Crippen molar-refractivity contribution in [1.82, 2.24) is 0 Å². The van der Waals surface area contributed by atoms with Gasteiger partial charge in [-0.05, 0) is 60.0 Å². The fourth-order valence-electron chi connectivity index (χ4n) is 2.64. The molecule has 0 aliphatic rings. The van der Waals surface area contributed by atoms with Crippen molar-refractivity contribution in [2.75, 3.05) is 12.4 Å². The summed E-state index contributed by atoms with van der Waals surface area (Å²) >= 11 is 5.91. The highest BCUT2D eigenvalue weighted by atomic mass is 35.5. The molecule has 0 saturated heterocycles. The van der Waals surface area contributed by atoms with Crippen molar-refractivity contribution in [3.63, 3.8) is 0 Å². The second-order valence-electron chi connectivity index (χ2n) is 6.12. The Morgan fingerprint density at radius 2 is 1.65 bits per heavy atom. The molecule has 0 atom stereocenters. The zero-order valence-corrected chi connectivity index (χ0v) is 15.7. The number of hydrogen-bond acceptors (Lipinski definition) is 3. The number of nitrogens with one attached hydrogen (secondary N) is 1. The van der Waals surface area contributed by atoms with Crippen molar-refractivity contribution < 1.29 is 9.47 Å². The Kier molecular flexibility index (Phi) is 6.03. The molecule has 3 nitrogen and oxygen atoms in total. The number of ether oxygens (including phenoxy) is 2. The second kappa shape index (κ2) is 8.63. The van der Waals surface area contributed by atoms with Gasteiger partial charge in [0.15, 0.2) is 11.5 Å². The molecule has 4 heteroatoms. The van der Waals surface area contributed by atoms with Crippen LogP contribution in [0.15, 0.2) is 66.7 Å². The van der Waals surface area contributed by atoms with Crippen LogP contribution >= 0.6 is 11.6 Å². The van der Waals surface area contributed by atoms with Crippen LogP contribution in [0, 0.1) is 6.92 Å². The predicted molar refractivity (Wildman–Crippen MR) is 107 cm³/mol. The number of halogens is 1. The fourth-order valence-corrected chi connectivity index (χ4v) is 2.77. The van der Waals surface area contributed by atoms with Crippen molar-refractivity contribution in [3.8, 4) is 11.5 Å². The number of anilines is 1. The monoisotopic (exact) mass is 367 g/mol. The van der Waals surface area contributed by atoms with E-state index in [9.17, 15) is 0 Å². The molecule has 0 amide bonds. The molecule has 3 aromatic carbocycles. The zero-order chi connectivity index (χ0) is 18.4. The summed E-state index contributed by atoms with van der Waals surface area (Å²) in [6, 6.07) is 21.9. The highest BCUT2D eigenvalue weighted by Crippen LogP contribution is 2.29. The lowest BCUT2D eigenvalue weighted by Gasteiger charge is -2.13. The van der Waals surface area contributed by atoms with Crippen LogP contribution in [0.1, 0.15) is 16.7 Å². The van der Waals surface area contributed by atoms with Gasteiger partial charge in [-0.25, -0.2) is 0 Å². The molecule has 0 bridgehead atoms. The topological polar surface area (TPSA) is 30.5 Å². The van der Waals surface area contributed by atoms with Crippen LogP contribution in [0.2, 0.25) is 5.02 Å². The molecule has 1 N–H and O–H groups in total. The van der Waals surface area contributed by atoms with Crippen LogP contribution in [0.4, 0.5) is 5.69 Å². The third-order valence-electron chi connectivity index (χ3n) is 4.05. The zero-order valence-electron chi connectivity index (χ0n) is 15.0. The summed E-state index contributed by atoms with van der Waals surface area (Å²) in [5, 5.41) is 4.15. The molecule has 0 fully saturated rings. The van der Waals surface area contributed by atoms with Gasteiger partial charge >= 0.3 is 0 Å². The molecule has 0 saturated carbocycles. The first-order valence-electron chi connectivity index (χ1n) is 8.49. The van der Waals surface area contributed by atoms with Gasteiger partial charge in [0.2, 0.25) is 0 Å². The summed E-state index contributed by atoms with van der Waals surface area (Å²) in [5.41, 5.74) is 4.52. The number of methoxy groups -OCH3 is 1. The second-order valence-corrected chi connectivity index (χ2v) is 6.56. The predicted octanol–water partition coefficient (Wildman–Crippen LogP) is 5.85. The first kappa shape index (κ1) is 18.2. The molecule has 0 spiro atoms. The van der Waals surface area contributed by atoms with Crippen LogP contribution in [0.3, 0.4) is 0 Å². The molecule has 3 rings (SSSR count). The van der Waals surface area contributed by atoms with E-state index in [2.05, 4.69) is 30.4 Å². The van der Waals surface area contributed by atoms with Gasteiger partial charge in [-0.2, -0.15) is 0 Å². The molecular weight excluding hydrogens is 346 g/mol. The molecule has 3 aromatic rings. The van der Waals surface area contributed by atoms with Crippen LogP contribution in [-0.4, -0.2) is 7.11 Å². The Morgan fingerprint density at radius 3 is 2.38 bits per heavy atom. The Bertz CT molecular complexity index is 862. The number of hydrogen-bond donors (Lipinski definition) is 1. The lowest BCUT2D eigenvalue weighted by molar-refractivity contribution is 0.284. The summed E-state index contributed by atoms with van der Waals surface area (Å²) in [6.07, 6.45) is 0. The average molecular weight is 368 g/mol. The molecule has 0 aliphatic carbocycles. The first-order chi connectivity index (χ1) is 12.6. The Balaban J connectivity index is 1.64. The van der Waals surface area contributed by atoms with E-state index in [0.29, 0.717) is 6.61 Å². The summed E-state index contributed by atoms with van der Waals surface area (Å²) in [4.78, 5) is 0. The van der Waals surface area contributed by atoms with Crippen LogP contribution in [0.25, 0.3) is 0 Å². The number of rotatable bonds is 7. The van der Waals surface area contributed by atoms with E-state index < -0.39 is 0 Å². The molecular formula is C22H22ClNO2. The average Bonchev–Trinajstić information content (AvgIpc) is 2.66. The summed E-state index contributed by atoms with van der Waals surface area (Å²) in [6.45, 7) is 3.27. The maximum absolute atomic E-state index is 5.91. The van der Waals surface area contributed by atoms with E-state index in [4.69, 9.17) is 21.1 Å². The van der Waals surface area contributed by atoms with Gasteiger partial charge in [0.1, 0.15) is 6.61 Å². The van der Waals surface area contributed by atoms with E-state index in [0.717, 1.165) is 39.9 Å². The third-order valence-corrected chi connectivity index (χ3v) is 4.30. The van der Waals surface area contributed by atoms with E-state index in [1.54, 1.807) is 7.11 Å². The number of aryl methyl sites for hydroxylation is 1. The van der Waals surface area contributed by atoms with Crippen LogP contribution < -0.4 is 14.8 Å². The minimum Gasteiger partial charge on any atom is -0.493 e. The van der Waals surface area contributed by atoms with E-state index in [1.165, 1.54) is 5.56 Å². The third kappa shape index (κ3) is 4.93. The van der Waals surface area contributed by atoms with E-state index >= 15 is 0 Å². The maximum Gasteiger partial charge on any atom is 0.161 e. The van der Waals surface area contributed by atoms with Gasteiger partial charge in [-0.15, -0.1) is 0 Å². The van der Waals surface area contributed by atoms with Gasteiger partial charge in [0, 0.05) is 17.3 Å². The Labute approximate surface area is 159 Å². The fraction of sp³-hybridized carbons (Fsp3) is 0.182. The summed E-state index contributed by atoms with van der Waals surface area (Å²) in [5.74, 6) is 1.45. The highest BCUT2D eigenvalue weighted by Gasteiger charge is 2.07. The number of benzene rings is 3. The van der Waals surface area contributed by atoms with Gasteiger partial charge in [0.25, 0.3) is 0 Å². The maximum atomic E-state index is 5.91. The molecule has 0 unspecified atom stereocenters. The van der Waals surface area contributed by atoms with Gasteiger partial charge < -0.3 is 14.8 Å². The lowest BCUT2D eigenvalue weighted by Crippen LogP contribution is -2.02. The quantitative estimate of drug-likeness (QED) is 0.568. The normalized spacial score (nSPS) is 10.4. The van der Waals surface area contributed by atoms with Gasteiger partial charge in [-0.1, -0.05) is 41.9 Å². The van der Waals surface area contributed by atoms with Crippen molar-refractivity contribution in [2.24, 2.45) is 0 Å². The van der Waals surface area contributed by atoms with Crippen LogP contribution in [-0.2, 0) is 13.2 Å². The standard InChI is InChI=1S/C22H22ClNO2/c1-16-4-3-5-20(12-16)24-14-18-8-11-21(22(13-18)25-2)26-15-17-6-9-19(23)10-7-17/h3-13,24H,14-15H2,1-2H3. The first-order valence-corrected chi connectivity index (χ1v) is 8.86. The van der Waals surface area contributed by atoms with Gasteiger partial charge in [0.05, 0.1) is 7.11 Å². The van der Waals surface area contributed by atoms with Crippen molar-refractivity contribution in [2.45, 2.75) is 20.1 Å². The minimum absolute atomic E-state index is 0.467. The lowest BCUT2D eigenvalue weighted by atomic mass is 10.1. The molecule has 26 heavy (non-hydrogen) atoms. The summed E-state index contributed by atoms with van der Waals surface area (Å²) in [7, 11) is 1.66.